The van der Waals surface area contributed by atoms with Crippen LogP contribution in [0.25, 0.3) is 11.3 Å². The van der Waals surface area contributed by atoms with Gasteiger partial charge in [0, 0.05) is 11.4 Å². The predicted octanol–water partition coefficient (Wildman–Crippen LogP) is 3.66. The number of cyclic esters (lactones) is 1. The Labute approximate surface area is 146 Å². The minimum Gasteiger partial charge on any atom is -0.463 e. The molecule has 0 radical (unpaired) electrons. The smallest absolute Gasteiger partial charge is 0.311 e. The van der Waals surface area contributed by atoms with Crippen LogP contribution < -0.4 is 0 Å². The molecule has 2 aliphatic rings. The molecule has 1 N–H and O–H groups in total. The summed E-state index contributed by atoms with van der Waals surface area (Å²) in [5.74, 6) is -0.620. The van der Waals surface area contributed by atoms with Gasteiger partial charge in [0.2, 0.25) is 0 Å². The number of nitrogens with zero attached hydrogens (tertiary/aromatic N) is 1. The summed E-state index contributed by atoms with van der Waals surface area (Å²) in [4.78, 5) is 11.9. The van der Waals surface area contributed by atoms with Crippen LogP contribution in [-0.2, 0) is 9.53 Å². The fourth-order valence-corrected chi connectivity index (χ4v) is 3.82. The van der Waals surface area contributed by atoms with E-state index < -0.39 is 12.0 Å². The van der Waals surface area contributed by atoms with Gasteiger partial charge < -0.3 is 14.4 Å². The largest absolute Gasteiger partial charge is 0.463 e. The second-order valence-corrected chi connectivity index (χ2v) is 7.00. The summed E-state index contributed by atoms with van der Waals surface area (Å²) >= 11 is 0. The highest BCUT2D eigenvalue weighted by Gasteiger charge is 2.41. The van der Waals surface area contributed by atoms with E-state index in [1.807, 2.05) is 13.0 Å². The molecule has 4 rings (SSSR count). The summed E-state index contributed by atoms with van der Waals surface area (Å²) in [6.07, 6.45) is 2.03. The van der Waals surface area contributed by atoms with Gasteiger partial charge in [0.25, 0.3) is 0 Å². The molecule has 4 nitrogen and oxygen atoms in total. The molecule has 0 bridgehead atoms. The van der Waals surface area contributed by atoms with E-state index in [0.717, 1.165) is 29.8 Å². The van der Waals surface area contributed by atoms with Gasteiger partial charge in [0.05, 0.1) is 18.1 Å². The van der Waals surface area contributed by atoms with Crippen molar-refractivity contribution in [2.24, 2.45) is 5.92 Å². The number of aliphatic hydroxyl groups is 1. The minimum absolute atomic E-state index is 0.166. The highest BCUT2D eigenvalue weighted by Crippen LogP contribution is 2.45. The predicted molar refractivity (Wildman–Crippen MR) is 91.6 cm³/mol. The lowest BCUT2D eigenvalue weighted by Crippen LogP contribution is -2.44. The van der Waals surface area contributed by atoms with Gasteiger partial charge in [-0.05, 0) is 67.1 Å². The molecule has 2 fully saturated rings. The summed E-state index contributed by atoms with van der Waals surface area (Å²) in [6.45, 7) is 2.05. The highest BCUT2D eigenvalue weighted by atomic mass is 19.1. The van der Waals surface area contributed by atoms with Crippen LogP contribution >= 0.6 is 0 Å². The molecule has 2 heterocycles. The number of aliphatic hydroxyl groups excluding tert-OH is 1. The quantitative estimate of drug-likeness (QED) is 0.862. The molecule has 132 valence electrons. The first-order valence-corrected chi connectivity index (χ1v) is 8.92. The summed E-state index contributed by atoms with van der Waals surface area (Å²) in [5, 5.41) is 10.8. The van der Waals surface area contributed by atoms with Crippen molar-refractivity contribution < 1.29 is 19.0 Å². The minimum atomic E-state index is -0.782. The molecule has 2 aromatic rings. The first kappa shape index (κ1) is 16.3. The number of esters is 1. The molecule has 1 aromatic carbocycles. The Bertz CT molecular complexity index is 779. The molecular weight excluding hydrogens is 321 g/mol. The molecule has 0 spiro atoms. The van der Waals surface area contributed by atoms with E-state index >= 15 is 0 Å². The van der Waals surface area contributed by atoms with E-state index in [9.17, 15) is 14.3 Å². The number of rotatable bonds is 4. The van der Waals surface area contributed by atoms with Crippen LogP contribution in [0.5, 0.6) is 0 Å². The van der Waals surface area contributed by atoms with Crippen LogP contribution in [0.2, 0.25) is 0 Å². The van der Waals surface area contributed by atoms with Gasteiger partial charge in [-0.3, -0.25) is 4.79 Å². The first-order valence-electron chi connectivity index (χ1n) is 8.92. The van der Waals surface area contributed by atoms with Crippen molar-refractivity contribution >= 4 is 5.97 Å². The maximum absolute atomic E-state index is 13.3. The number of ether oxygens (including phenoxy) is 1. The van der Waals surface area contributed by atoms with Crippen LogP contribution in [0.1, 0.15) is 43.8 Å². The van der Waals surface area contributed by atoms with Gasteiger partial charge >= 0.3 is 5.97 Å². The van der Waals surface area contributed by atoms with E-state index in [-0.39, 0.29) is 24.4 Å². The number of aromatic nitrogens is 1. The van der Waals surface area contributed by atoms with Crippen molar-refractivity contribution in [3.63, 3.8) is 0 Å². The lowest BCUT2D eigenvalue weighted by Gasteiger charge is -2.36. The number of hydrogen-bond acceptors (Lipinski definition) is 3. The topological polar surface area (TPSA) is 51.5 Å². The number of carbonyl (C=O) groups excluding carboxylic acids is 1. The molecule has 0 amide bonds. The van der Waals surface area contributed by atoms with E-state index in [1.54, 1.807) is 12.1 Å². The fraction of sp³-hybridized carbons (Fsp3) is 0.450. The van der Waals surface area contributed by atoms with E-state index in [0.29, 0.717) is 12.3 Å². The van der Waals surface area contributed by atoms with Crippen molar-refractivity contribution in [3.05, 3.63) is 47.9 Å². The van der Waals surface area contributed by atoms with Crippen molar-refractivity contribution in [1.82, 2.24) is 4.57 Å². The van der Waals surface area contributed by atoms with Crippen molar-refractivity contribution in [1.29, 1.82) is 0 Å². The lowest BCUT2D eigenvalue weighted by atomic mass is 9.91. The number of benzene rings is 1. The van der Waals surface area contributed by atoms with Gasteiger partial charge in [-0.15, -0.1) is 0 Å². The summed E-state index contributed by atoms with van der Waals surface area (Å²) in [6, 6.07) is 10.2. The molecule has 1 aliphatic carbocycles. The van der Waals surface area contributed by atoms with Crippen molar-refractivity contribution in [3.8, 4) is 11.3 Å². The zero-order chi connectivity index (χ0) is 17.6. The first-order chi connectivity index (χ1) is 12.1. The van der Waals surface area contributed by atoms with Crippen LogP contribution in [0, 0.1) is 11.7 Å². The molecule has 1 aliphatic heterocycles. The van der Waals surface area contributed by atoms with Gasteiger partial charge in [0.15, 0.2) is 0 Å². The lowest BCUT2D eigenvalue weighted by molar-refractivity contribution is -0.166. The van der Waals surface area contributed by atoms with Crippen LogP contribution in [-0.4, -0.2) is 28.4 Å². The Morgan fingerprint density at radius 2 is 1.92 bits per heavy atom. The number of hydrogen-bond donors (Lipinski definition) is 1. The standard InChI is InChI=1S/C20H22FNO3/c1-2-15-19(23)18(11-25-20(15)24)22-16(12-3-4-12)9-10-17(22)13-5-7-14(21)8-6-13/h5-10,12,15,18-19,23H,2-4,11H2,1H3. The highest BCUT2D eigenvalue weighted by molar-refractivity contribution is 5.74. The number of halogens is 1. The van der Waals surface area contributed by atoms with E-state index in [2.05, 4.69) is 10.6 Å². The summed E-state index contributed by atoms with van der Waals surface area (Å²) in [5.41, 5.74) is 2.99. The van der Waals surface area contributed by atoms with Crippen molar-refractivity contribution in [2.45, 2.75) is 44.2 Å². The van der Waals surface area contributed by atoms with Gasteiger partial charge in [0.1, 0.15) is 12.4 Å². The molecule has 3 atom stereocenters. The molecule has 1 saturated carbocycles. The molecule has 25 heavy (non-hydrogen) atoms. The third-order valence-corrected chi connectivity index (χ3v) is 5.36. The zero-order valence-electron chi connectivity index (χ0n) is 14.2. The van der Waals surface area contributed by atoms with Gasteiger partial charge in [-0.25, -0.2) is 4.39 Å². The van der Waals surface area contributed by atoms with Gasteiger partial charge in [-0.1, -0.05) is 6.92 Å². The zero-order valence-corrected chi connectivity index (χ0v) is 14.2. The monoisotopic (exact) mass is 343 g/mol. The molecule has 5 heteroatoms. The SMILES string of the molecule is CCC1C(=O)OCC(n2c(-c3ccc(F)cc3)ccc2C2CC2)C1O. The number of carbonyl (C=O) groups is 1. The average Bonchev–Trinajstić information content (AvgIpc) is 3.36. The Hall–Kier alpha value is -2.14. The van der Waals surface area contributed by atoms with Crippen LogP contribution in [0.4, 0.5) is 4.39 Å². The maximum atomic E-state index is 13.3. The Balaban J connectivity index is 1.78. The third kappa shape index (κ3) is 2.86. The van der Waals surface area contributed by atoms with Crippen LogP contribution in [0.15, 0.2) is 36.4 Å². The van der Waals surface area contributed by atoms with Crippen LogP contribution in [0.3, 0.4) is 0 Å². The average molecular weight is 343 g/mol. The Kier molecular flexibility index (Phi) is 4.12. The fourth-order valence-electron chi connectivity index (χ4n) is 3.82. The summed E-state index contributed by atoms with van der Waals surface area (Å²) < 4.78 is 20.8. The normalized spacial score (nSPS) is 26.5. The maximum Gasteiger partial charge on any atom is 0.311 e. The Morgan fingerprint density at radius 3 is 2.56 bits per heavy atom. The molecule has 1 aromatic heterocycles. The second kappa shape index (κ2) is 6.30. The second-order valence-electron chi connectivity index (χ2n) is 7.00. The third-order valence-electron chi connectivity index (χ3n) is 5.36. The molecule has 1 saturated heterocycles. The molecule has 3 unspecified atom stereocenters. The molecular formula is C20H22FNO3. The summed E-state index contributed by atoms with van der Waals surface area (Å²) in [7, 11) is 0. The Morgan fingerprint density at radius 1 is 1.20 bits per heavy atom. The van der Waals surface area contributed by atoms with E-state index in [4.69, 9.17) is 4.74 Å². The van der Waals surface area contributed by atoms with Crippen molar-refractivity contribution in [2.75, 3.05) is 6.61 Å². The van der Waals surface area contributed by atoms with Gasteiger partial charge in [-0.2, -0.15) is 0 Å². The van der Waals surface area contributed by atoms with E-state index in [1.165, 1.54) is 12.1 Å².